The Morgan fingerprint density at radius 1 is 1.40 bits per heavy atom. The van der Waals surface area contributed by atoms with Crippen LogP contribution in [0.25, 0.3) is 0 Å². The molecule has 15 heavy (non-hydrogen) atoms. The SMILES string of the molecule is Cc1ncsc1C(O)c1cccc(O)c1. The molecule has 2 aromatic rings. The van der Waals surface area contributed by atoms with Gasteiger partial charge in [-0.3, -0.25) is 0 Å². The van der Waals surface area contributed by atoms with E-state index in [0.717, 1.165) is 10.6 Å². The number of benzene rings is 1. The fraction of sp³-hybridized carbons (Fsp3) is 0.182. The molecule has 2 N–H and O–H groups in total. The first kappa shape index (κ1) is 10.1. The van der Waals surface area contributed by atoms with Gasteiger partial charge in [0.15, 0.2) is 0 Å². The minimum atomic E-state index is -0.704. The number of rotatable bonds is 2. The Morgan fingerprint density at radius 2 is 2.20 bits per heavy atom. The molecule has 0 amide bonds. The van der Waals surface area contributed by atoms with Gasteiger partial charge in [-0.2, -0.15) is 0 Å². The monoisotopic (exact) mass is 221 g/mol. The lowest BCUT2D eigenvalue weighted by Crippen LogP contribution is -1.98. The summed E-state index contributed by atoms with van der Waals surface area (Å²) in [4.78, 5) is 4.90. The second-order valence-corrected chi connectivity index (χ2v) is 4.19. The standard InChI is InChI=1S/C11H11NO2S/c1-7-11(15-6-12-7)10(14)8-3-2-4-9(13)5-8/h2-6,10,13-14H,1H3. The van der Waals surface area contributed by atoms with Crippen LogP contribution in [-0.2, 0) is 0 Å². The Kier molecular flexibility index (Phi) is 2.70. The van der Waals surface area contributed by atoms with Crippen LogP contribution in [-0.4, -0.2) is 15.2 Å². The lowest BCUT2D eigenvalue weighted by Gasteiger charge is -2.09. The smallest absolute Gasteiger partial charge is 0.115 e. The van der Waals surface area contributed by atoms with E-state index < -0.39 is 6.10 Å². The number of phenolic OH excluding ortho intramolecular Hbond substituents is 1. The number of hydrogen-bond acceptors (Lipinski definition) is 4. The van der Waals surface area contributed by atoms with Crippen molar-refractivity contribution in [1.82, 2.24) is 4.98 Å². The Balaban J connectivity index is 2.36. The van der Waals surface area contributed by atoms with Gasteiger partial charge in [-0.25, -0.2) is 4.98 Å². The maximum absolute atomic E-state index is 10.0. The van der Waals surface area contributed by atoms with Gasteiger partial charge in [-0.15, -0.1) is 11.3 Å². The summed E-state index contributed by atoms with van der Waals surface area (Å²) in [6, 6.07) is 6.63. The molecule has 0 bridgehead atoms. The minimum absolute atomic E-state index is 0.161. The van der Waals surface area contributed by atoms with Crippen molar-refractivity contribution in [2.24, 2.45) is 0 Å². The predicted octanol–water partition coefficient (Wildman–Crippen LogP) is 2.24. The molecule has 0 aliphatic carbocycles. The Hall–Kier alpha value is -1.39. The van der Waals surface area contributed by atoms with Gasteiger partial charge in [-0.1, -0.05) is 12.1 Å². The summed E-state index contributed by atoms with van der Waals surface area (Å²) in [6.45, 7) is 1.86. The quantitative estimate of drug-likeness (QED) is 0.817. The summed E-state index contributed by atoms with van der Waals surface area (Å²) in [5, 5.41) is 19.4. The number of nitrogens with zero attached hydrogens (tertiary/aromatic N) is 1. The molecule has 0 fully saturated rings. The number of aromatic hydroxyl groups is 1. The molecule has 0 spiro atoms. The molecular weight excluding hydrogens is 210 g/mol. The van der Waals surface area contributed by atoms with Gasteiger partial charge in [0.05, 0.1) is 16.1 Å². The van der Waals surface area contributed by atoms with Crippen LogP contribution >= 0.6 is 11.3 Å². The third-order valence-electron chi connectivity index (χ3n) is 2.22. The third-order valence-corrected chi connectivity index (χ3v) is 3.20. The Morgan fingerprint density at radius 3 is 2.80 bits per heavy atom. The lowest BCUT2D eigenvalue weighted by molar-refractivity contribution is 0.222. The third kappa shape index (κ3) is 2.00. The van der Waals surface area contributed by atoms with Gasteiger partial charge >= 0.3 is 0 Å². The summed E-state index contributed by atoms with van der Waals surface area (Å²) >= 11 is 1.42. The van der Waals surface area contributed by atoms with Crippen LogP contribution in [0.4, 0.5) is 0 Å². The van der Waals surface area contributed by atoms with Crippen molar-refractivity contribution in [3.8, 4) is 5.75 Å². The number of aliphatic hydroxyl groups is 1. The van der Waals surface area contributed by atoms with E-state index in [2.05, 4.69) is 4.98 Å². The molecule has 1 heterocycles. The number of aliphatic hydroxyl groups excluding tert-OH is 1. The zero-order valence-electron chi connectivity index (χ0n) is 8.21. The van der Waals surface area contributed by atoms with E-state index in [-0.39, 0.29) is 5.75 Å². The highest BCUT2D eigenvalue weighted by molar-refractivity contribution is 7.09. The zero-order valence-corrected chi connectivity index (χ0v) is 9.03. The molecule has 0 aliphatic heterocycles. The summed E-state index contributed by atoms with van der Waals surface area (Å²) < 4.78 is 0. The molecule has 0 saturated carbocycles. The van der Waals surface area contributed by atoms with Crippen LogP contribution in [0.5, 0.6) is 5.75 Å². The normalized spacial score (nSPS) is 12.7. The van der Waals surface area contributed by atoms with Crippen LogP contribution in [0.1, 0.15) is 22.2 Å². The van der Waals surface area contributed by atoms with Crippen molar-refractivity contribution in [1.29, 1.82) is 0 Å². The molecular formula is C11H11NO2S. The topological polar surface area (TPSA) is 53.4 Å². The highest BCUT2D eigenvalue weighted by atomic mass is 32.1. The highest BCUT2D eigenvalue weighted by Crippen LogP contribution is 2.29. The summed E-state index contributed by atoms with van der Waals surface area (Å²) in [5.41, 5.74) is 3.22. The first-order chi connectivity index (χ1) is 7.18. The van der Waals surface area contributed by atoms with Crippen LogP contribution < -0.4 is 0 Å². The van der Waals surface area contributed by atoms with E-state index in [0.29, 0.717) is 5.56 Å². The lowest BCUT2D eigenvalue weighted by atomic mass is 10.1. The van der Waals surface area contributed by atoms with Gasteiger partial charge in [-0.05, 0) is 24.6 Å². The predicted molar refractivity (Wildman–Crippen MR) is 59.0 cm³/mol. The number of aromatic nitrogens is 1. The van der Waals surface area contributed by atoms with Crippen molar-refractivity contribution in [2.75, 3.05) is 0 Å². The second-order valence-electron chi connectivity index (χ2n) is 3.30. The largest absolute Gasteiger partial charge is 0.508 e. The van der Waals surface area contributed by atoms with E-state index in [1.807, 2.05) is 6.92 Å². The molecule has 3 nitrogen and oxygen atoms in total. The maximum Gasteiger partial charge on any atom is 0.115 e. The number of hydrogen-bond donors (Lipinski definition) is 2. The number of aryl methyl sites for hydroxylation is 1. The Labute approximate surface area is 91.7 Å². The number of phenols is 1. The average Bonchev–Trinajstić information content (AvgIpc) is 2.63. The van der Waals surface area contributed by atoms with Crippen molar-refractivity contribution < 1.29 is 10.2 Å². The molecule has 0 aliphatic rings. The summed E-state index contributed by atoms with van der Waals surface area (Å²) in [5.74, 6) is 0.161. The first-order valence-electron chi connectivity index (χ1n) is 4.55. The van der Waals surface area contributed by atoms with Crippen LogP contribution in [0.2, 0.25) is 0 Å². The second kappa shape index (κ2) is 4.00. The molecule has 78 valence electrons. The molecule has 4 heteroatoms. The average molecular weight is 221 g/mol. The highest BCUT2D eigenvalue weighted by Gasteiger charge is 2.15. The van der Waals surface area contributed by atoms with Crippen LogP contribution in [0.3, 0.4) is 0 Å². The molecule has 1 aromatic heterocycles. The summed E-state index contributed by atoms with van der Waals surface area (Å²) in [6.07, 6.45) is -0.704. The maximum atomic E-state index is 10.0. The molecule has 0 radical (unpaired) electrons. The summed E-state index contributed by atoms with van der Waals surface area (Å²) in [7, 11) is 0. The fourth-order valence-electron chi connectivity index (χ4n) is 1.42. The van der Waals surface area contributed by atoms with E-state index in [1.165, 1.54) is 11.3 Å². The fourth-order valence-corrected chi connectivity index (χ4v) is 2.23. The van der Waals surface area contributed by atoms with Crippen LogP contribution in [0.15, 0.2) is 29.8 Å². The van der Waals surface area contributed by atoms with Crippen LogP contribution in [0, 0.1) is 6.92 Å². The van der Waals surface area contributed by atoms with E-state index in [1.54, 1.807) is 29.8 Å². The number of thiazole rings is 1. The van der Waals surface area contributed by atoms with E-state index >= 15 is 0 Å². The van der Waals surface area contributed by atoms with Gasteiger partial charge in [0.1, 0.15) is 11.9 Å². The van der Waals surface area contributed by atoms with Gasteiger partial charge in [0.2, 0.25) is 0 Å². The molecule has 0 saturated heterocycles. The molecule has 2 rings (SSSR count). The van der Waals surface area contributed by atoms with E-state index in [4.69, 9.17) is 0 Å². The van der Waals surface area contributed by atoms with Crippen molar-refractivity contribution in [3.05, 3.63) is 45.9 Å². The Bertz CT molecular complexity index is 467. The minimum Gasteiger partial charge on any atom is -0.508 e. The molecule has 1 atom stereocenters. The first-order valence-corrected chi connectivity index (χ1v) is 5.43. The zero-order chi connectivity index (χ0) is 10.8. The molecule has 1 aromatic carbocycles. The molecule has 1 unspecified atom stereocenters. The van der Waals surface area contributed by atoms with E-state index in [9.17, 15) is 10.2 Å². The van der Waals surface area contributed by atoms with Crippen molar-refractivity contribution >= 4 is 11.3 Å². The van der Waals surface area contributed by atoms with Gasteiger partial charge in [0, 0.05) is 0 Å². The van der Waals surface area contributed by atoms with Crippen molar-refractivity contribution in [2.45, 2.75) is 13.0 Å². The van der Waals surface area contributed by atoms with Crippen molar-refractivity contribution in [3.63, 3.8) is 0 Å². The van der Waals surface area contributed by atoms with Gasteiger partial charge < -0.3 is 10.2 Å². The van der Waals surface area contributed by atoms with Gasteiger partial charge in [0.25, 0.3) is 0 Å².